The standard InChI is InChI=1S/C12H22N2O4.Li.H/c1-9(2)10(11(15)16)13-12(17)18-8-7-14-5-3-4-6-14;;/h9-10H,3-8H2,1-2H3,(H,13,17)(H,15,16);;/q;+1;-1/t10-;;/m0../s1. The minimum Gasteiger partial charge on any atom is -1.00 e. The summed E-state index contributed by atoms with van der Waals surface area (Å²) in [5.41, 5.74) is 0. The molecular formula is C12H23LiN2O4. The number of ether oxygens (including phenoxy) is 1. The van der Waals surface area contributed by atoms with E-state index in [1.165, 1.54) is 12.8 Å². The molecule has 1 aliphatic rings. The Balaban J connectivity index is 0. The molecule has 1 saturated heterocycles. The Morgan fingerprint density at radius 2 is 1.95 bits per heavy atom. The van der Waals surface area contributed by atoms with E-state index in [-0.39, 0.29) is 26.2 Å². The predicted molar refractivity (Wildman–Crippen MR) is 67.5 cm³/mol. The number of likely N-dealkylation sites (tertiary alicyclic amines) is 1. The average molecular weight is 266 g/mol. The van der Waals surface area contributed by atoms with Crippen LogP contribution in [0, 0.1) is 5.92 Å². The molecular weight excluding hydrogens is 243 g/mol. The Labute approximate surface area is 127 Å². The first-order valence-electron chi connectivity index (χ1n) is 6.39. The fourth-order valence-corrected chi connectivity index (χ4v) is 1.96. The molecule has 1 amide bonds. The van der Waals surface area contributed by atoms with Gasteiger partial charge in [0.1, 0.15) is 12.6 Å². The summed E-state index contributed by atoms with van der Waals surface area (Å²) in [4.78, 5) is 24.5. The van der Waals surface area contributed by atoms with E-state index in [0.29, 0.717) is 13.2 Å². The number of carbonyl (C=O) groups excluding carboxylic acids is 1. The summed E-state index contributed by atoms with van der Waals surface area (Å²) in [6.07, 6.45) is 1.73. The summed E-state index contributed by atoms with van der Waals surface area (Å²) < 4.78 is 4.98. The number of nitrogens with one attached hydrogen (secondary N) is 1. The molecule has 0 saturated carbocycles. The largest absolute Gasteiger partial charge is 1.00 e. The quantitative estimate of drug-likeness (QED) is 0.545. The SMILES string of the molecule is CC(C)[C@H](NC(=O)OCCN1CCCC1)C(=O)O.[H-].[Li+]. The van der Waals surface area contributed by atoms with Crippen molar-refractivity contribution in [1.29, 1.82) is 0 Å². The van der Waals surface area contributed by atoms with Crippen molar-refractivity contribution < 1.29 is 39.7 Å². The maximum atomic E-state index is 11.4. The minimum atomic E-state index is -1.04. The molecule has 2 N–H and O–H groups in total. The number of carboxylic acid groups (broad SMARTS) is 1. The van der Waals surface area contributed by atoms with Gasteiger partial charge < -0.3 is 16.6 Å². The normalized spacial score (nSPS) is 16.8. The summed E-state index contributed by atoms with van der Waals surface area (Å²) in [5.74, 6) is -1.21. The second kappa shape index (κ2) is 9.24. The van der Waals surface area contributed by atoms with Crippen LogP contribution in [0.25, 0.3) is 0 Å². The molecule has 0 aromatic heterocycles. The smallest absolute Gasteiger partial charge is 1.00 e. The predicted octanol–water partition coefficient (Wildman–Crippen LogP) is -1.97. The number of rotatable bonds is 6. The van der Waals surface area contributed by atoms with E-state index in [1.807, 2.05) is 0 Å². The van der Waals surface area contributed by atoms with E-state index in [2.05, 4.69) is 10.2 Å². The van der Waals surface area contributed by atoms with Crippen molar-refractivity contribution in [3.63, 3.8) is 0 Å². The van der Waals surface area contributed by atoms with E-state index < -0.39 is 18.1 Å². The van der Waals surface area contributed by atoms with Crippen LogP contribution in [-0.4, -0.2) is 54.4 Å². The van der Waals surface area contributed by atoms with Gasteiger partial charge in [-0.1, -0.05) is 13.8 Å². The Kier molecular flexibility index (Phi) is 8.90. The molecule has 1 fully saturated rings. The van der Waals surface area contributed by atoms with Gasteiger partial charge in [0.2, 0.25) is 0 Å². The van der Waals surface area contributed by atoms with Gasteiger partial charge in [0.15, 0.2) is 0 Å². The first-order valence-corrected chi connectivity index (χ1v) is 6.39. The monoisotopic (exact) mass is 266 g/mol. The Morgan fingerprint density at radius 3 is 2.42 bits per heavy atom. The van der Waals surface area contributed by atoms with Gasteiger partial charge in [-0.3, -0.25) is 4.90 Å². The first-order chi connectivity index (χ1) is 8.50. The van der Waals surface area contributed by atoms with Crippen molar-refractivity contribution >= 4 is 12.1 Å². The van der Waals surface area contributed by atoms with Crippen molar-refractivity contribution in [2.24, 2.45) is 5.92 Å². The van der Waals surface area contributed by atoms with Crippen molar-refractivity contribution in [3.8, 4) is 0 Å². The van der Waals surface area contributed by atoms with Crippen LogP contribution in [-0.2, 0) is 9.53 Å². The Bertz CT molecular complexity index is 299. The van der Waals surface area contributed by atoms with Gasteiger partial charge >= 0.3 is 30.9 Å². The van der Waals surface area contributed by atoms with Crippen molar-refractivity contribution in [2.75, 3.05) is 26.2 Å². The maximum Gasteiger partial charge on any atom is 1.00 e. The van der Waals surface area contributed by atoms with Gasteiger partial charge in [-0.2, -0.15) is 0 Å². The molecule has 0 unspecified atom stereocenters. The molecule has 1 rings (SSSR count). The van der Waals surface area contributed by atoms with Crippen LogP contribution in [0.3, 0.4) is 0 Å². The molecule has 0 spiro atoms. The van der Waals surface area contributed by atoms with Gasteiger partial charge in [0, 0.05) is 6.54 Å². The molecule has 0 aromatic carbocycles. The second-order valence-electron chi connectivity index (χ2n) is 4.89. The van der Waals surface area contributed by atoms with Gasteiger partial charge in [-0.25, -0.2) is 9.59 Å². The molecule has 7 heteroatoms. The summed E-state index contributed by atoms with van der Waals surface area (Å²) in [5, 5.41) is 11.3. The van der Waals surface area contributed by atoms with Crippen LogP contribution in [0.5, 0.6) is 0 Å². The number of aliphatic carboxylic acids is 1. The Hall–Kier alpha value is -0.703. The van der Waals surface area contributed by atoms with Crippen molar-refractivity contribution in [2.45, 2.75) is 32.7 Å². The molecule has 0 radical (unpaired) electrons. The number of hydrogen-bond donors (Lipinski definition) is 2. The average Bonchev–Trinajstić information content (AvgIpc) is 2.78. The molecule has 1 heterocycles. The van der Waals surface area contributed by atoms with Crippen LogP contribution in [0.2, 0.25) is 0 Å². The van der Waals surface area contributed by atoms with Gasteiger partial charge in [-0.05, 0) is 31.8 Å². The van der Waals surface area contributed by atoms with E-state index in [1.54, 1.807) is 13.8 Å². The van der Waals surface area contributed by atoms with Gasteiger partial charge in [0.05, 0.1) is 0 Å². The topological polar surface area (TPSA) is 78.9 Å². The van der Waals surface area contributed by atoms with E-state index in [9.17, 15) is 9.59 Å². The van der Waals surface area contributed by atoms with Gasteiger partial charge in [-0.15, -0.1) is 0 Å². The van der Waals surface area contributed by atoms with E-state index in [4.69, 9.17) is 9.84 Å². The fourth-order valence-electron chi connectivity index (χ4n) is 1.96. The fraction of sp³-hybridized carbons (Fsp3) is 0.833. The van der Waals surface area contributed by atoms with Gasteiger partial charge in [0.25, 0.3) is 0 Å². The molecule has 6 nitrogen and oxygen atoms in total. The molecule has 106 valence electrons. The molecule has 0 aliphatic carbocycles. The maximum absolute atomic E-state index is 11.4. The second-order valence-corrected chi connectivity index (χ2v) is 4.89. The molecule has 0 aromatic rings. The Morgan fingerprint density at radius 1 is 1.37 bits per heavy atom. The van der Waals surface area contributed by atoms with Crippen LogP contribution >= 0.6 is 0 Å². The first kappa shape index (κ1) is 18.3. The number of amides is 1. The third kappa shape index (κ3) is 6.86. The summed E-state index contributed by atoms with van der Waals surface area (Å²) in [6, 6.07) is -0.899. The molecule has 0 bridgehead atoms. The zero-order valence-corrected chi connectivity index (χ0v) is 12.0. The third-order valence-corrected chi connectivity index (χ3v) is 3.05. The molecule has 1 atom stereocenters. The summed E-state index contributed by atoms with van der Waals surface area (Å²) >= 11 is 0. The zero-order valence-electron chi connectivity index (χ0n) is 13.0. The minimum absolute atomic E-state index is 0. The molecule has 19 heavy (non-hydrogen) atoms. The van der Waals surface area contributed by atoms with Crippen molar-refractivity contribution in [1.82, 2.24) is 10.2 Å². The number of hydrogen-bond acceptors (Lipinski definition) is 4. The third-order valence-electron chi connectivity index (χ3n) is 3.05. The summed E-state index contributed by atoms with van der Waals surface area (Å²) in [7, 11) is 0. The number of carbonyl (C=O) groups is 2. The van der Waals surface area contributed by atoms with Crippen LogP contribution in [0.1, 0.15) is 28.1 Å². The van der Waals surface area contributed by atoms with Crippen LogP contribution in [0.15, 0.2) is 0 Å². The zero-order chi connectivity index (χ0) is 13.5. The number of carboxylic acids is 1. The van der Waals surface area contributed by atoms with Crippen molar-refractivity contribution in [3.05, 3.63) is 0 Å². The number of alkyl carbamates (subject to hydrolysis) is 1. The van der Waals surface area contributed by atoms with E-state index >= 15 is 0 Å². The molecule has 1 aliphatic heterocycles. The van der Waals surface area contributed by atoms with Crippen LogP contribution in [0.4, 0.5) is 4.79 Å². The van der Waals surface area contributed by atoms with E-state index in [0.717, 1.165) is 13.1 Å². The number of nitrogens with zero attached hydrogens (tertiary/aromatic N) is 1. The van der Waals surface area contributed by atoms with Crippen LogP contribution < -0.4 is 24.2 Å². The summed E-state index contributed by atoms with van der Waals surface area (Å²) in [6.45, 7) is 6.60.